The van der Waals surface area contributed by atoms with Crippen molar-refractivity contribution in [2.75, 3.05) is 19.6 Å². The fourth-order valence-corrected chi connectivity index (χ4v) is 5.36. The maximum absolute atomic E-state index is 14.3. The monoisotopic (exact) mass is 506 g/mol. The van der Waals surface area contributed by atoms with E-state index in [1.165, 1.54) is 0 Å². The number of benzene rings is 1. The van der Waals surface area contributed by atoms with Crippen LogP contribution in [0, 0.1) is 11.3 Å². The molecule has 1 unspecified atom stereocenters. The predicted molar refractivity (Wildman–Crippen MR) is 147 cm³/mol. The zero-order valence-corrected chi connectivity index (χ0v) is 22.1. The van der Waals surface area contributed by atoms with Gasteiger partial charge in [0.15, 0.2) is 0 Å². The summed E-state index contributed by atoms with van der Waals surface area (Å²) >= 11 is 0. The van der Waals surface area contributed by atoms with E-state index in [0.29, 0.717) is 18.7 Å². The van der Waals surface area contributed by atoms with E-state index in [1.807, 2.05) is 48.5 Å². The van der Waals surface area contributed by atoms with Crippen LogP contribution in [-0.2, 0) is 6.42 Å². The van der Waals surface area contributed by atoms with Crippen molar-refractivity contribution in [3.8, 4) is 0 Å². The fourth-order valence-electron chi connectivity index (χ4n) is 5.36. The zero-order valence-electron chi connectivity index (χ0n) is 22.1. The number of rotatable bonds is 10. The molecule has 4 nitrogen and oxygen atoms in total. The summed E-state index contributed by atoms with van der Waals surface area (Å²) in [6.45, 7) is 6.05. The van der Waals surface area contributed by atoms with Crippen LogP contribution in [0.1, 0.15) is 75.2 Å². The number of alkyl halides is 1. The van der Waals surface area contributed by atoms with E-state index in [0.717, 1.165) is 74.1 Å². The molecular weight excluding hydrogens is 466 g/mol. The first-order chi connectivity index (χ1) is 17.8. The van der Waals surface area contributed by atoms with Crippen LogP contribution in [0.4, 0.5) is 8.78 Å². The SMILES string of the molecule is CC(C)(F)Cc1cccc(C(NC(=N)C2CCN(CCCC3=C(F)CCC=C3)CC2)c2ccccn2)c1. The van der Waals surface area contributed by atoms with Crippen molar-refractivity contribution < 1.29 is 8.78 Å². The second-order valence-corrected chi connectivity index (χ2v) is 11.0. The normalized spacial score (nSPS) is 18.2. The second kappa shape index (κ2) is 12.6. The molecule has 0 radical (unpaired) electrons. The number of aromatic nitrogens is 1. The molecule has 1 fully saturated rings. The summed E-state index contributed by atoms with van der Waals surface area (Å²) in [5.74, 6) is 0.755. The topological polar surface area (TPSA) is 52.0 Å². The van der Waals surface area contributed by atoms with Crippen molar-refractivity contribution in [3.05, 3.63) is 89.0 Å². The highest BCUT2D eigenvalue weighted by Crippen LogP contribution is 2.27. The third-order valence-corrected chi connectivity index (χ3v) is 7.31. The molecule has 2 aromatic rings. The number of likely N-dealkylation sites (tertiary alicyclic amines) is 1. The molecule has 1 atom stereocenters. The molecule has 6 heteroatoms. The molecule has 37 heavy (non-hydrogen) atoms. The van der Waals surface area contributed by atoms with Gasteiger partial charge in [-0.3, -0.25) is 10.4 Å². The van der Waals surface area contributed by atoms with E-state index in [2.05, 4.69) is 21.3 Å². The van der Waals surface area contributed by atoms with Gasteiger partial charge in [0.2, 0.25) is 0 Å². The lowest BCUT2D eigenvalue weighted by atomic mass is 9.92. The third kappa shape index (κ3) is 8.06. The van der Waals surface area contributed by atoms with Crippen LogP contribution in [0.25, 0.3) is 0 Å². The first-order valence-electron chi connectivity index (χ1n) is 13.6. The Labute approximate surface area is 220 Å². The average Bonchev–Trinajstić information content (AvgIpc) is 2.88. The Morgan fingerprint density at radius 3 is 2.70 bits per heavy atom. The Kier molecular flexibility index (Phi) is 9.25. The van der Waals surface area contributed by atoms with Crippen molar-refractivity contribution in [1.29, 1.82) is 5.41 Å². The Balaban J connectivity index is 1.35. The van der Waals surface area contributed by atoms with E-state index in [1.54, 1.807) is 20.0 Å². The van der Waals surface area contributed by atoms with Crippen LogP contribution < -0.4 is 5.32 Å². The van der Waals surface area contributed by atoms with E-state index in [9.17, 15) is 8.78 Å². The lowest BCUT2D eigenvalue weighted by molar-refractivity contribution is 0.205. The van der Waals surface area contributed by atoms with Gasteiger partial charge in [-0.05, 0) is 94.4 Å². The zero-order chi connectivity index (χ0) is 26.3. The molecule has 1 aliphatic heterocycles. The van der Waals surface area contributed by atoms with Gasteiger partial charge in [0.05, 0.1) is 17.6 Å². The van der Waals surface area contributed by atoms with Crippen molar-refractivity contribution in [1.82, 2.24) is 15.2 Å². The maximum atomic E-state index is 14.3. The fraction of sp³-hybridized carbons (Fsp3) is 0.484. The Morgan fingerprint density at radius 2 is 2.00 bits per heavy atom. The molecule has 0 amide bonds. The number of nitrogens with one attached hydrogen (secondary N) is 2. The summed E-state index contributed by atoms with van der Waals surface area (Å²) in [6.07, 6.45) is 11.1. The number of pyridine rings is 1. The number of halogens is 2. The predicted octanol–water partition coefficient (Wildman–Crippen LogP) is 7.09. The van der Waals surface area contributed by atoms with Gasteiger partial charge >= 0.3 is 0 Å². The van der Waals surface area contributed by atoms with Crippen molar-refractivity contribution in [3.63, 3.8) is 0 Å². The van der Waals surface area contributed by atoms with Gasteiger partial charge in [-0.25, -0.2) is 8.78 Å². The third-order valence-electron chi connectivity index (χ3n) is 7.31. The molecule has 1 saturated heterocycles. The van der Waals surface area contributed by atoms with Gasteiger partial charge in [-0.15, -0.1) is 0 Å². The highest BCUT2D eigenvalue weighted by atomic mass is 19.1. The minimum absolute atomic E-state index is 0.0575. The van der Waals surface area contributed by atoms with Crippen LogP contribution in [0.15, 0.2) is 72.2 Å². The maximum Gasteiger partial charge on any atom is 0.109 e. The number of amidine groups is 1. The van der Waals surface area contributed by atoms with Gasteiger partial charge < -0.3 is 10.2 Å². The minimum Gasteiger partial charge on any atom is -0.361 e. The van der Waals surface area contributed by atoms with Gasteiger partial charge in [0.25, 0.3) is 0 Å². The van der Waals surface area contributed by atoms with Gasteiger partial charge in [0, 0.05) is 25.0 Å². The van der Waals surface area contributed by atoms with E-state index < -0.39 is 5.67 Å². The number of hydrogen-bond donors (Lipinski definition) is 2. The molecular formula is C31H40F2N4. The molecule has 1 aromatic heterocycles. The first kappa shape index (κ1) is 27.2. The van der Waals surface area contributed by atoms with Gasteiger partial charge in [0.1, 0.15) is 11.5 Å². The largest absolute Gasteiger partial charge is 0.361 e. The van der Waals surface area contributed by atoms with Crippen molar-refractivity contribution >= 4 is 5.84 Å². The molecule has 2 N–H and O–H groups in total. The van der Waals surface area contributed by atoms with Gasteiger partial charge in [-0.2, -0.15) is 0 Å². The molecule has 4 rings (SSSR count). The lowest BCUT2D eigenvalue weighted by Gasteiger charge is -2.33. The van der Waals surface area contributed by atoms with Crippen LogP contribution >= 0.6 is 0 Å². The molecule has 1 aliphatic carbocycles. The minimum atomic E-state index is -1.29. The standard InChI is InChI=1S/C31H40F2N4/c1-31(2,33)22-23-9-7-11-26(21-23)29(28-14-5-6-17-35-28)36-30(34)25-15-19-37(20-16-25)18-8-12-24-10-3-4-13-27(24)32/h3,5-7,9-11,14,17,21,25,29H,4,8,12-13,15-16,18-20,22H2,1-2H3,(H2,34,36). The number of allylic oxidation sites excluding steroid dienone is 4. The number of nitrogens with zero attached hydrogens (tertiary/aromatic N) is 2. The smallest absolute Gasteiger partial charge is 0.109 e. The Hall–Kier alpha value is -2.86. The summed E-state index contributed by atoms with van der Waals surface area (Å²) in [6, 6.07) is 13.5. The van der Waals surface area contributed by atoms with Crippen LogP contribution in [0.2, 0.25) is 0 Å². The molecule has 1 aromatic carbocycles. The number of hydrogen-bond acceptors (Lipinski definition) is 3. The summed E-state index contributed by atoms with van der Waals surface area (Å²) in [5, 5.41) is 12.4. The number of piperidine rings is 1. The Bertz CT molecular complexity index is 1100. The van der Waals surface area contributed by atoms with E-state index in [4.69, 9.17) is 5.41 Å². The van der Waals surface area contributed by atoms with Crippen LogP contribution in [0.3, 0.4) is 0 Å². The van der Waals surface area contributed by atoms with E-state index >= 15 is 0 Å². The average molecular weight is 507 g/mol. The Morgan fingerprint density at radius 1 is 1.19 bits per heavy atom. The summed E-state index contributed by atoms with van der Waals surface area (Å²) in [5.41, 5.74) is 2.35. The van der Waals surface area contributed by atoms with Crippen LogP contribution in [-0.4, -0.2) is 41.0 Å². The van der Waals surface area contributed by atoms with Crippen LogP contribution in [0.5, 0.6) is 0 Å². The molecule has 2 heterocycles. The molecule has 198 valence electrons. The molecule has 0 bridgehead atoms. The molecule has 2 aliphatic rings. The van der Waals surface area contributed by atoms with Gasteiger partial charge in [-0.1, -0.05) is 42.5 Å². The highest BCUT2D eigenvalue weighted by molar-refractivity contribution is 5.82. The lowest BCUT2D eigenvalue weighted by Crippen LogP contribution is -2.41. The first-order valence-corrected chi connectivity index (χ1v) is 13.6. The summed E-state index contributed by atoms with van der Waals surface area (Å²) < 4.78 is 28.3. The quantitative estimate of drug-likeness (QED) is 0.267. The molecule has 0 saturated carbocycles. The molecule has 0 spiro atoms. The second-order valence-electron chi connectivity index (χ2n) is 11.0. The summed E-state index contributed by atoms with van der Waals surface area (Å²) in [7, 11) is 0. The van der Waals surface area contributed by atoms with E-state index in [-0.39, 0.29) is 17.8 Å². The van der Waals surface area contributed by atoms with Crippen molar-refractivity contribution in [2.45, 2.75) is 70.5 Å². The highest BCUT2D eigenvalue weighted by Gasteiger charge is 2.26. The summed E-state index contributed by atoms with van der Waals surface area (Å²) in [4.78, 5) is 7.01. The van der Waals surface area contributed by atoms with Crippen molar-refractivity contribution in [2.24, 2.45) is 5.92 Å².